The van der Waals surface area contributed by atoms with Crippen LogP contribution in [0.3, 0.4) is 0 Å². The Hall–Kier alpha value is -1.36. The van der Waals surface area contributed by atoms with E-state index in [4.69, 9.17) is 4.74 Å². The maximum absolute atomic E-state index is 12.5. The van der Waals surface area contributed by atoms with Gasteiger partial charge in [-0.15, -0.1) is 11.3 Å². The summed E-state index contributed by atoms with van der Waals surface area (Å²) in [7, 11) is 1.37. The molecule has 1 N–H and O–H groups in total. The standard InChI is InChI=1S/C16H21NO3S/c1-8-9(2)21-15(13(8)16(19)20-3)17-14(18)12-7-10-4-5-11(12)6-10/h10-12H,4-7H2,1-3H3,(H,17,18)/t10-,11+,12+/m0/s1. The highest BCUT2D eigenvalue weighted by molar-refractivity contribution is 7.16. The molecule has 1 aromatic heterocycles. The van der Waals surface area contributed by atoms with Gasteiger partial charge < -0.3 is 10.1 Å². The van der Waals surface area contributed by atoms with Crippen LogP contribution in [-0.4, -0.2) is 19.0 Å². The molecule has 2 aliphatic rings. The van der Waals surface area contributed by atoms with Crippen molar-refractivity contribution in [2.45, 2.75) is 39.5 Å². The maximum Gasteiger partial charge on any atom is 0.341 e. The number of fused-ring (bicyclic) bond motifs is 2. The topological polar surface area (TPSA) is 55.4 Å². The Bertz CT molecular complexity index is 593. The number of nitrogens with one attached hydrogen (secondary N) is 1. The van der Waals surface area contributed by atoms with Crippen LogP contribution in [0.4, 0.5) is 5.00 Å². The molecular formula is C16H21NO3S. The van der Waals surface area contributed by atoms with Crippen LogP contribution in [0.15, 0.2) is 0 Å². The van der Waals surface area contributed by atoms with E-state index in [-0.39, 0.29) is 17.8 Å². The Labute approximate surface area is 128 Å². The highest BCUT2D eigenvalue weighted by Crippen LogP contribution is 2.48. The predicted molar refractivity (Wildman–Crippen MR) is 82.7 cm³/mol. The van der Waals surface area contributed by atoms with Crippen molar-refractivity contribution in [2.24, 2.45) is 17.8 Å². The zero-order valence-electron chi connectivity index (χ0n) is 12.7. The van der Waals surface area contributed by atoms with Crippen LogP contribution in [0.25, 0.3) is 0 Å². The van der Waals surface area contributed by atoms with Crippen molar-refractivity contribution in [1.82, 2.24) is 0 Å². The minimum absolute atomic E-state index is 0.0774. The van der Waals surface area contributed by atoms with Crippen molar-refractivity contribution in [3.8, 4) is 0 Å². The number of hydrogen-bond acceptors (Lipinski definition) is 4. The second kappa shape index (κ2) is 5.44. The molecule has 0 radical (unpaired) electrons. The Kier molecular flexibility index (Phi) is 3.78. The van der Waals surface area contributed by atoms with Crippen molar-refractivity contribution < 1.29 is 14.3 Å². The number of amides is 1. The third kappa shape index (κ3) is 2.48. The lowest BCUT2D eigenvalue weighted by Gasteiger charge is -2.20. The van der Waals surface area contributed by atoms with E-state index >= 15 is 0 Å². The number of aryl methyl sites for hydroxylation is 1. The van der Waals surface area contributed by atoms with Gasteiger partial charge in [0.15, 0.2) is 0 Å². The van der Waals surface area contributed by atoms with E-state index in [2.05, 4.69) is 5.32 Å². The number of methoxy groups -OCH3 is 1. The Morgan fingerprint density at radius 1 is 1.24 bits per heavy atom. The first-order valence-electron chi connectivity index (χ1n) is 7.50. The number of hydrogen-bond donors (Lipinski definition) is 1. The monoisotopic (exact) mass is 307 g/mol. The van der Waals surface area contributed by atoms with Gasteiger partial charge in [-0.05, 0) is 50.5 Å². The summed E-state index contributed by atoms with van der Waals surface area (Å²) < 4.78 is 4.84. The van der Waals surface area contributed by atoms with Crippen LogP contribution in [0.5, 0.6) is 0 Å². The van der Waals surface area contributed by atoms with Crippen molar-refractivity contribution in [2.75, 3.05) is 12.4 Å². The lowest BCUT2D eigenvalue weighted by molar-refractivity contribution is -0.121. The van der Waals surface area contributed by atoms with E-state index in [1.165, 1.54) is 37.7 Å². The summed E-state index contributed by atoms with van der Waals surface area (Å²) in [5.74, 6) is 1.10. The Morgan fingerprint density at radius 3 is 2.57 bits per heavy atom. The van der Waals surface area contributed by atoms with Gasteiger partial charge >= 0.3 is 5.97 Å². The SMILES string of the molecule is COC(=O)c1c(NC(=O)[C@@H]2C[C@H]3CC[C@@H]2C3)sc(C)c1C. The van der Waals surface area contributed by atoms with Crippen LogP contribution < -0.4 is 5.32 Å². The van der Waals surface area contributed by atoms with Gasteiger partial charge in [0.1, 0.15) is 5.00 Å². The smallest absolute Gasteiger partial charge is 0.341 e. The number of rotatable bonds is 3. The number of esters is 1. The maximum atomic E-state index is 12.5. The molecule has 3 atom stereocenters. The minimum Gasteiger partial charge on any atom is -0.465 e. The van der Waals surface area contributed by atoms with Crippen LogP contribution in [0.1, 0.15) is 46.5 Å². The largest absolute Gasteiger partial charge is 0.465 e. The number of carbonyl (C=O) groups is 2. The fourth-order valence-corrected chi connectivity index (χ4v) is 4.88. The van der Waals surface area contributed by atoms with Crippen LogP contribution in [0, 0.1) is 31.6 Å². The van der Waals surface area contributed by atoms with E-state index in [0.717, 1.165) is 22.8 Å². The molecule has 2 fully saturated rings. The third-order valence-corrected chi connectivity index (χ3v) is 6.21. The number of thiophene rings is 1. The molecule has 1 amide bonds. The first kappa shape index (κ1) is 14.6. The molecule has 2 saturated carbocycles. The zero-order valence-corrected chi connectivity index (χ0v) is 13.5. The fourth-order valence-electron chi connectivity index (χ4n) is 3.83. The number of ether oxygens (including phenoxy) is 1. The van der Waals surface area contributed by atoms with Gasteiger partial charge in [-0.25, -0.2) is 4.79 Å². The summed E-state index contributed by atoms with van der Waals surface area (Å²) in [5.41, 5.74) is 1.41. The predicted octanol–water partition coefficient (Wildman–Crippen LogP) is 3.53. The lowest BCUT2D eigenvalue weighted by Crippen LogP contribution is -2.27. The Morgan fingerprint density at radius 2 is 2.00 bits per heavy atom. The zero-order chi connectivity index (χ0) is 15.1. The number of carbonyl (C=O) groups excluding carboxylic acids is 2. The number of anilines is 1. The van der Waals surface area contributed by atoms with Crippen molar-refractivity contribution >= 4 is 28.2 Å². The molecule has 1 aromatic rings. The highest BCUT2D eigenvalue weighted by Gasteiger charge is 2.43. The summed E-state index contributed by atoms with van der Waals surface area (Å²) in [5, 5.41) is 3.64. The minimum atomic E-state index is -0.375. The first-order chi connectivity index (χ1) is 10.0. The highest BCUT2D eigenvalue weighted by atomic mass is 32.1. The molecule has 0 unspecified atom stereocenters. The molecule has 0 saturated heterocycles. The third-order valence-electron chi connectivity index (χ3n) is 5.09. The fraction of sp³-hybridized carbons (Fsp3) is 0.625. The molecule has 0 spiro atoms. The van der Waals surface area contributed by atoms with E-state index in [1.807, 2.05) is 13.8 Å². The summed E-state index contributed by atoms with van der Waals surface area (Å²) in [6, 6.07) is 0. The summed E-state index contributed by atoms with van der Waals surface area (Å²) in [4.78, 5) is 25.5. The molecule has 5 heteroatoms. The van der Waals surface area contributed by atoms with Gasteiger partial charge in [0, 0.05) is 10.8 Å². The average Bonchev–Trinajstić information content (AvgIpc) is 3.14. The Balaban J connectivity index is 1.80. The molecular weight excluding hydrogens is 286 g/mol. The van der Waals surface area contributed by atoms with Gasteiger partial charge in [0.2, 0.25) is 5.91 Å². The molecule has 3 rings (SSSR count). The van der Waals surface area contributed by atoms with Crippen LogP contribution in [0.2, 0.25) is 0 Å². The summed E-state index contributed by atoms with van der Waals surface area (Å²) >= 11 is 1.46. The molecule has 2 bridgehead atoms. The summed E-state index contributed by atoms with van der Waals surface area (Å²) in [6.45, 7) is 3.85. The van der Waals surface area contributed by atoms with Gasteiger partial charge in [0.05, 0.1) is 12.7 Å². The van der Waals surface area contributed by atoms with E-state index < -0.39 is 0 Å². The van der Waals surface area contributed by atoms with Gasteiger partial charge in [-0.3, -0.25) is 4.79 Å². The molecule has 0 aromatic carbocycles. The van der Waals surface area contributed by atoms with E-state index in [1.54, 1.807) is 0 Å². The molecule has 1 heterocycles. The van der Waals surface area contributed by atoms with Crippen LogP contribution in [-0.2, 0) is 9.53 Å². The second-order valence-electron chi connectivity index (χ2n) is 6.25. The first-order valence-corrected chi connectivity index (χ1v) is 8.32. The average molecular weight is 307 g/mol. The lowest BCUT2D eigenvalue weighted by atomic mass is 9.88. The molecule has 21 heavy (non-hydrogen) atoms. The van der Waals surface area contributed by atoms with Crippen molar-refractivity contribution in [3.05, 3.63) is 16.0 Å². The molecule has 0 aliphatic heterocycles. The summed E-state index contributed by atoms with van der Waals surface area (Å²) in [6.07, 6.45) is 4.66. The molecule has 4 nitrogen and oxygen atoms in total. The van der Waals surface area contributed by atoms with Crippen molar-refractivity contribution in [3.63, 3.8) is 0 Å². The van der Waals surface area contributed by atoms with E-state index in [9.17, 15) is 9.59 Å². The van der Waals surface area contributed by atoms with Crippen LogP contribution >= 0.6 is 11.3 Å². The normalized spacial score (nSPS) is 26.9. The van der Waals surface area contributed by atoms with Gasteiger partial charge in [-0.2, -0.15) is 0 Å². The van der Waals surface area contributed by atoms with Gasteiger partial charge in [0.25, 0.3) is 0 Å². The van der Waals surface area contributed by atoms with Gasteiger partial charge in [-0.1, -0.05) is 6.42 Å². The van der Waals surface area contributed by atoms with Crippen molar-refractivity contribution in [1.29, 1.82) is 0 Å². The van der Waals surface area contributed by atoms with E-state index in [0.29, 0.717) is 16.5 Å². The quantitative estimate of drug-likeness (QED) is 0.869. The molecule has 114 valence electrons. The molecule has 2 aliphatic carbocycles. The second-order valence-corrected chi connectivity index (χ2v) is 7.47.